The van der Waals surface area contributed by atoms with Crippen LogP contribution < -0.4 is 10.1 Å². The molecule has 8 nitrogen and oxygen atoms in total. The summed E-state index contributed by atoms with van der Waals surface area (Å²) in [6.07, 6.45) is -5.98. The van der Waals surface area contributed by atoms with Gasteiger partial charge in [0.1, 0.15) is 35.4 Å². The second-order valence-corrected chi connectivity index (χ2v) is 9.77. The number of β-amino-alcohol motifs (C(OH)–C–C–N with tert-alkyl or cyclic N) is 1. The fraction of sp³-hybridized carbons (Fsp3) is 0.364. The van der Waals surface area contributed by atoms with Gasteiger partial charge in [-0.3, -0.25) is 0 Å². The average molecular weight is 512 g/mol. The number of nitrogens with one attached hydrogen (secondary N) is 1. The Morgan fingerprint density at radius 1 is 1.20 bits per heavy atom. The predicted molar refractivity (Wildman–Crippen MR) is 114 cm³/mol. The lowest BCUT2D eigenvalue weighted by Crippen LogP contribution is -2.52. The molecular weight excluding hydrogens is 492 g/mol. The van der Waals surface area contributed by atoms with Gasteiger partial charge in [0, 0.05) is 19.2 Å². The Balaban J connectivity index is 1.96. The first-order valence-corrected chi connectivity index (χ1v) is 11.7. The topological polar surface area (TPSA) is 126 Å². The van der Waals surface area contributed by atoms with Gasteiger partial charge in [0.05, 0.1) is 28.1 Å². The summed E-state index contributed by atoms with van der Waals surface area (Å²) in [7, 11) is -4.53. The molecule has 2 atom stereocenters. The number of nitriles is 2. The van der Waals surface area contributed by atoms with E-state index in [2.05, 4.69) is 5.32 Å². The van der Waals surface area contributed by atoms with Gasteiger partial charge >= 0.3 is 6.18 Å². The smallest absolute Gasteiger partial charge is 0.416 e. The minimum absolute atomic E-state index is 0.0621. The number of ether oxygens (including phenoxy) is 1. The van der Waals surface area contributed by atoms with Crippen molar-refractivity contribution in [2.75, 3.05) is 26.2 Å². The summed E-state index contributed by atoms with van der Waals surface area (Å²) in [5.41, 5.74) is -3.91. The highest BCUT2D eigenvalue weighted by Crippen LogP contribution is 2.35. The van der Waals surface area contributed by atoms with E-state index in [9.17, 15) is 36.3 Å². The van der Waals surface area contributed by atoms with Crippen molar-refractivity contribution in [3.05, 3.63) is 58.9 Å². The van der Waals surface area contributed by atoms with Crippen LogP contribution >= 0.6 is 0 Å². The number of rotatable bonds is 7. The molecule has 1 aliphatic heterocycles. The largest absolute Gasteiger partial charge is 0.486 e. The monoisotopic (exact) mass is 512 g/mol. The minimum atomic E-state index is -4.77. The molecule has 0 aromatic heterocycles. The van der Waals surface area contributed by atoms with Crippen molar-refractivity contribution in [2.24, 2.45) is 0 Å². The van der Waals surface area contributed by atoms with Gasteiger partial charge in [0.25, 0.3) is 0 Å². The Hall–Kier alpha value is -3.23. The van der Waals surface area contributed by atoms with Gasteiger partial charge in [-0.25, -0.2) is 12.8 Å². The van der Waals surface area contributed by atoms with E-state index in [0.717, 1.165) is 10.4 Å². The molecule has 0 radical (unpaired) electrons. The van der Waals surface area contributed by atoms with Crippen LogP contribution in [0.5, 0.6) is 5.75 Å². The Morgan fingerprint density at radius 3 is 2.46 bits per heavy atom. The van der Waals surface area contributed by atoms with Gasteiger partial charge < -0.3 is 15.2 Å². The third kappa shape index (κ3) is 5.39. The van der Waals surface area contributed by atoms with Crippen LogP contribution in [-0.2, 0) is 16.2 Å². The van der Waals surface area contributed by atoms with Gasteiger partial charge in [-0.05, 0) is 36.9 Å². The molecule has 2 aromatic carbocycles. The first-order chi connectivity index (χ1) is 16.4. The fourth-order valence-corrected chi connectivity index (χ4v) is 5.28. The summed E-state index contributed by atoms with van der Waals surface area (Å²) in [6, 6.07) is 8.22. The number of alkyl halides is 3. The van der Waals surface area contributed by atoms with Gasteiger partial charge in [-0.1, -0.05) is 6.92 Å². The van der Waals surface area contributed by atoms with E-state index < -0.39 is 62.8 Å². The summed E-state index contributed by atoms with van der Waals surface area (Å²) >= 11 is 0. The summed E-state index contributed by atoms with van der Waals surface area (Å²) in [4.78, 5) is -0.649. The quantitative estimate of drug-likeness (QED) is 0.546. The van der Waals surface area contributed by atoms with Crippen molar-refractivity contribution >= 4 is 10.0 Å². The molecule has 1 aliphatic rings. The molecule has 1 heterocycles. The second kappa shape index (κ2) is 9.79. The molecule has 35 heavy (non-hydrogen) atoms. The van der Waals surface area contributed by atoms with Gasteiger partial charge in [-0.2, -0.15) is 28.0 Å². The second-order valence-electron chi connectivity index (χ2n) is 7.86. The maximum atomic E-state index is 14.0. The summed E-state index contributed by atoms with van der Waals surface area (Å²) in [6.45, 7) is 1.12. The van der Waals surface area contributed by atoms with Crippen LogP contribution in [-0.4, -0.2) is 55.7 Å². The molecule has 0 saturated carbocycles. The first kappa shape index (κ1) is 26.4. The molecule has 0 aliphatic carbocycles. The Bertz CT molecular complexity index is 1300. The standard InChI is InChI=1S/C22H20F4N4O4S/c1-2-29-12-21(31)13-30(11-20(21)34-17-5-3-14(9-27)18(23)8-17)35(32,33)19-6-4-16(22(24,25)26)7-15(19)10-28/h3-8,20,29,31H,2,11-13H2,1H3/t20-,21-/m0/s1. The van der Waals surface area contributed by atoms with Crippen molar-refractivity contribution in [1.29, 1.82) is 10.5 Å². The Morgan fingerprint density at radius 2 is 1.89 bits per heavy atom. The number of halogens is 4. The number of likely N-dealkylation sites (N-methyl/N-ethyl adjacent to an activating group) is 1. The molecular formula is C22H20F4N4O4S. The van der Waals surface area contributed by atoms with E-state index in [1.807, 2.05) is 0 Å². The molecule has 2 aromatic rings. The van der Waals surface area contributed by atoms with Crippen molar-refractivity contribution < 1.29 is 35.8 Å². The number of hydrogen-bond acceptors (Lipinski definition) is 7. The van der Waals surface area contributed by atoms with Crippen molar-refractivity contribution in [1.82, 2.24) is 9.62 Å². The van der Waals surface area contributed by atoms with Crippen LogP contribution in [0.2, 0.25) is 0 Å². The lowest BCUT2D eigenvalue weighted by atomic mass is 10.0. The van der Waals surface area contributed by atoms with Crippen LogP contribution in [0, 0.1) is 28.5 Å². The molecule has 0 unspecified atom stereocenters. The summed E-state index contributed by atoms with van der Waals surface area (Å²) < 4.78 is 86.1. The maximum absolute atomic E-state index is 14.0. The molecule has 13 heteroatoms. The number of sulfonamides is 1. The molecule has 2 N–H and O–H groups in total. The molecule has 0 bridgehead atoms. The first-order valence-electron chi connectivity index (χ1n) is 10.3. The molecule has 186 valence electrons. The van der Waals surface area contributed by atoms with E-state index in [1.165, 1.54) is 18.2 Å². The minimum Gasteiger partial charge on any atom is -0.486 e. The SMILES string of the molecule is CCNC[C@]1(O)CN(S(=O)(=O)c2ccc(C(F)(F)F)cc2C#N)C[C@@H]1Oc1ccc(C#N)c(F)c1. The van der Waals surface area contributed by atoms with Crippen molar-refractivity contribution in [3.63, 3.8) is 0 Å². The Labute approximate surface area is 199 Å². The number of hydrogen-bond donors (Lipinski definition) is 2. The molecule has 3 rings (SSSR count). The van der Waals surface area contributed by atoms with Gasteiger partial charge in [0.15, 0.2) is 0 Å². The maximum Gasteiger partial charge on any atom is 0.416 e. The zero-order chi connectivity index (χ0) is 26.0. The summed E-state index contributed by atoms with van der Waals surface area (Å²) in [5, 5.41) is 32.3. The molecule has 1 saturated heterocycles. The van der Waals surface area contributed by atoms with Gasteiger partial charge in [0.2, 0.25) is 10.0 Å². The third-order valence-corrected chi connectivity index (χ3v) is 7.35. The molecule has 0 amide bonds. The highest BCUT2D eigenvalue weighted by atomic mass is 32.2. The number of aliphatic hydroxyl groups is 1. The average Bonchev–Trinajstić information content (AvgIpc) is 3.13. The molecule has 0 spiro atoms. The van der Waals surface area contributed by atoms with Crippen molar-refractivity contribution in [3.8, 4) is 17.9 Å². The fourth-order valence-electron chi connectivity index (χ4n) is 3.65. The highest BCUT2D eigenvalue weighted by Gasteiger charge is 2.51. The van der Waals surface area contributed by atoms with E-state index >= 15 is 0 Å². The zero-order valence-electron chi connectivity index (χ0n) is 18.3. The van der Waals surface area contributed by atoms with E-state index in [1.54, 1.807) is 13.0 Å². The van der Waals surface area contributed by atoms with Crippen LogP contribution in [0.1, 0.15) is 23.6 Å². The number of benzene rings is 2. The van der Waals surface area contributed by atoms with E-state index in [-0.39, 0.29) is 17.9 Å². The van der Waals surface area contributed by atoms with E-state index in [4.69, 9.17) is 10.00 Å². The normalized spacial score (nSPS) is 20.9. The third-order valence-electron chi connectivity index (χ3n) is 5.48. The number of nitrogens with zero attached hydrogens (tertiary/aromatic N) is 3. The summed E-state index contributed by atoms with van der Waals surface area (Å²) in [5.74, 6) is -0.931. The van der Waals surface area contributed by atoms with Crippen LogP contribution in [0.25, 0.3) is 0 Å². The predicted octanol–water partition coefficient (Wildman–Crippen LogP) is 2.38. The lowest BCUT2D eigenvalue weighted by Gasteiger charge is -2.29. The van der Waals surface area contributed by atoms with Crippen LogP contribution in [0.15, 0.2) is 41.3 Å². The van der Waals surface area contributed by atoms with Crippen LogP contribution in [0.3, 0.4) is 0 Å². The van der Waals surface area contributed by atoms with Gasteiger partial charge in [-0.15, -0.1) is 0 Å². The van der Waals surface area contributed by atoms with E-state index in [0.29, 0.717) is 24.7 Å². The Kier molecular flexibility index (Phi) is 7.38. The zero-order valence-corrected chi connectivity index (χ0v) is 19.1. The van der Waals surface area contributed by atoms with Crippen LogP contribution in [0.4, 0.5) is 17.6 Å². The molecule has 1 fully saturated rings. The van der Waals surface area contributed by atoms with Crippen molar-refractivity contribution in [2.45, 2.75) is 29.7 Å². The lowest BCUT2D eigenvalue weighted by molar-refractivity contribution is -0.137. The highest BCUT2D eigenvalue weighted by molar-refractivity contribution is 7.89.